The Hall–Kier alpha value is -0.870. The van der Waals surface area contributed by atoms with E-state index in [0.717, 1.165) is 52.4 Å². The van der Waals surface area contributed by atoms with E-state index in [1.807, 2.05) is 11.0 Å². The van der Waals surface area contributed by atoms with Gasteiger partial charge in [0.05, 0.1) is 13.2 Å². The maximum absolute atomic E-state index is 12.2. The van der Waals surface area contributed by atoms with Gasteiger partial charge < -0.3 is 9.64 Å². The molecule has 0 spiro atoms. The fraction of sp³-hybridized carbons (Fsp3) is 0.812. The van der Waals surface area contributed by atoms with Crippen molar-refractivity contribution in [2.45, 2.75) is 26.7 Å². The number of piperidine rings is 1. The molecule has 1 unspecified atom stereocenters. The van der Waals surface area contributed by atoms with Crippen molar-refractivity contribution in [2.24, 2.45) is 11.8 Å². The second-order valence-corrected chi connectivity index (χ2v) is 6.25. The van der Waals surface area contributed by atoms with E-state index in [-0.39, 0.29) is 5.91 Å². The van der Waals surface area contributed by atoms with Gasteiger partial charge in [0.2, 0.25) is 5.91 Å². The van der Waals surface area contributed by atoms with Gasteiger partial charge in [-0.25, -0.2) is 0 Å². The van der Waals surface area contributed by atoms with E-state index in [1.54, 1.807) is 6.08 Å². The van der Waals surface area contributed by atoms with Crippen LogP contribution < -0.4 is 0 Å². The number of rotatable bonds is 4. The summed E-state index contributed by atoms with van der Waals surface area (Å²) in [5.74, 6) is 1.52. The van der Waals surface area contributed by atoms with Crippen molar-refractivity contribution in [3.63, 3.8) is 0 Å². The maximum Gasteiger partial charge on any atom is 0.246 e. The van der Waals surface area contributed by atoms with E-state index in [1.165, 1.54) is 6.42 Å². The lowest BCUT2D eigenvalue weighted by Gasteiger charge is -2.34. The highest BCUT2D eigenvalue weighted by atomic mass is 16.5. The summed E-state index contributed by atoms with van der Waals surface area (Å²) >= 11 is 0. The largest absolute Gasteiger partial charge is 0.379 e. The second kappa shape index (κ2) is 7.79. The number of morpholine rings is 1. The molecule has 20 heavy (non-hydrogen) atoms. The van der Waals surface area contributed by atoms with Crippen LogP contribution in [0.3, 0.4) is 0 Å². The zero-order chi connectivity index (χ0) is 14.4. The number of likely N-dealkylation sites (tertiary alicyclic amines) is 1. The number of hydrogen-bond donors (Lipinski definition) is 0. The van der Waals surface area contributed by atoms with Gasteiger partial charge in [0, 0.05) is 38.8 Å². The summed E-state index contributed by atoms with van der Waals surface area (Å²) in [6.45, 7) is 10.8. The van der Waals surface area contributed by atoms with Gasteiger partial charge in [-0.3, -0.25) is 9.69 Å². The van der Waals surface area contributed by atoms with Crippen LogP contribution in [0.5, 0.6) is 0 Å². The van der Waals surface area contributed by atoms with E-state index >= 15 is 0 Å². The minimum Gasteiger partial charge on any atom is -0.379 e. The minimum atomic E-state index is 0.184. The predicted molar refractivity (Wildman–Crippen MR) is 80.5 cm³/mol. The Morgan fingerprint density at radius 1 is 1.30 bits per heavy atom. The third-order valence-electron chi connectivity index (χ3n) is 4.44. The van der Waals surface area contributed by atoms with Gasteiger partial charge in [-0.1, -0.05) is 19.9 Å². The number of carbonyl (C=O) groups is 1. The maximum atomic E-state index is 12.2. The van der Waals surface area contributed by atoms with Crippen molar-refractivity contribution < 1.29 is 9.53 Å². The highest BCUT2D eigenvalue weighted by Gasteiger charge is 2.24. The molecule has 2 aliphatic rings. The lowest BCUT2D eigenvalue weighted by Crippen LogP contribution is -2.40. The third kappa shape index (κ3) is 4.60. The zero-order valence-electron chi connectivity index (χ0n) is 12.9. The average molecular weight is 280 g/mol. The molecule has 4 nitrogen and oxygen atoms in total. The first-order valence-corrected chi connectivity index (χ1v) is 7.92. The van der Waals surface area contributed by atoms with Crippen molar-refractivity contribution >= 4 is 5.91 Å². The van der Waals surface area contributed by atoms with Crippen LogP contribution in [0.4, 0.5) is 0 Å². The Morgan fingerprint density at radius 3 is 2.75 bits per heavy atom. The molecule has 1 atom stereocenters. The van der Waals surface area contributed by atoms with Gasteiger partial charge in [-0.15, -0.1) is 0 Å². The molecule has 2 fully saturated rings. The first-order chi connectivity index (χ1) is 9.66. The highest BCUT2D eigenvalue weighted by molar-refractivity contribution is 5.87. The van der Waals surface area contributed by atoms with Crippen LogP contribution in [0.15, 0.2) is 12.2 Å². The van der Waals surface area contributed by atoms with Gasteiger partial charge >= 0.3 is 0 Å². The normalized spacial score (nSPS) is 25.6. The number of amides is 1. The molecular formula is C16H28N2O2. The summed E-state index contributed by atoms with van der Waals surface area (Å²) in [5, 5.41) is 0. The molecule has 0 saturated carbocycles. The lowest BCUT2D eigenvalue weighted by molar-refractivity contribution is -0.128. The Morgan fingerprint density at radius 2 is 2.05 bits per heavy atom. The molecule has 2 saturated heterocycles. The molecule has 2 heterocycles. The predicted octanol–water partition coefficient (Wildman–Crippen LogP) is 1.77. The lowest BCUT2D eigenvalue weighted by atomic mass is 9.88. The zero-order valence-corrected chi connectivity index (χ0v) is 12.9. The summed E-state index contributed by atoms with van der Waals surface area (Å²) in [5.41, 5.74) is 0. The Bertz CT molecular complexity index is 335. The van der Waals surface area contributed by atoms with Gasteiger partial charge in [-0.05, 0) is 24.7 Å². The van der Waals surface area contributed by atoms with Crippen LogP contribution in [0.2, 0.25) is 0 Å². The SMILES string of the molecule is CC(C)C1CCCN(C(=O)/C=C/CN2CCOCC2)C1. The van der Waals surface area contributed by atoms with Gasteiger partial charge in [-0.2, -0.15) is 0 Å². The summed E-state index contributed by atoms with van der Waals surface area (Å²) in [6, 6.07) is 0. The molecule has 4 heteroatoms. The summed E-state index contributed by atoms with van der Waals surface area (Å²) in [7, 11) is 0. The summed E-state index contributed by atoms with van der Waals surface area (Å²) in [6.07, 6.45) is 6.18. The number of carbonyl (C=O) groups excluding carboxylic acids is 1. The fourth-order valence-electron chi connectivity index (χ4n) is 2.95. The molecule has 2 rings (SSSR count). The van der Waals surface area contributed by atoms with Crippen molar-refractivity contribution in [3.05, 3.63) is 12.2 Å². The van der Waals surface area contributed by atoms with Crippen molar-refractivity contribution in [1.82, 2.24) is 9.80 Å². The van der Waals surface area contributed by atoms with Crippen molar-refractivity contribution in [2.75, 3.05) is 45.9 Å². The van der Waals surface area contributed by atoms with Crippen LogP contribution in [0.1, 0.15) is 26.7 Å². The van der Waals surface area contributed by atoms with Crippen molar-refractivity contribution in [3.8, 4) is 0 Å². The number of nitrogens with zero attached hydrogens (tertiary/aromatic N) is 2. The molecule has 0 N–H and O–H groups in total. The monoisotopic (exact) mass is 280 g/mol. The van der Waals surface area contributed by atoms with E-state index in [2.05, 4.69) is 18.7 Å². The minimum absolute atomic E-state index is 0.184. The van der Waals surface area contributed by atoms with E-state index in [0.29, 0.717) is 11.8 Å². The first-order valence-electron chi connectivity index (χ1n) is 7.92. The second-order valence-electron chi connectivity index (χ2n) is 6.25. The quantitative estimate of drug-likeness (QED) is 0.736. The van der Waals surface area contributed by atoms with Crippen LogP contribution in [0, 0.1) is 11.8 Å². The summed E-state index contributed by atoms with van der Waals surface area (Å²) in [4.78, 5) is 16.5. The molecule has 0 aromatic carbocycles. The third-order valence-corrected chi connectivity index (χ3v) is 4.44. The van der Waals surface area contributed by atoms with E-state index in [9.17, 15) is 4.79 Å². The van der Waals surface area contributed by atoms with Crippen LogP contribution in [-0.4, -0.2) is 61.6 Å². The Balaban J connectivity index is 1.75. The van der Waals surface area contributed by atoms with Crippen molar-refractivity contribution in [1.29, 1.82) is 0 Å². The van der Waals surface area contributed by atoms with Gasteiger partial charge in [0.15, 0.2) is 0 Å². The van der Waals surface area contributed by atoms with Crippen LogP contribution in [0.25, 0.3) is 0 Å². The summed E-state index contributed by atoms with van der Waals surface area (Å²) < 4.78 is 5.32. The molecule has 2 aliphatic heterocycles. The molecule has 1 amide bonds. The van der Waals surface area contributed by atoms with Crippen LogP contribution >= 0.6 is 0 Å². The Kier molecular flexibility index (Phi) is 6.05. The standard InChI is InChI=1S/C16H28N2O2/c1-14(2)15-5-3-8-18(13-15)16(19)6-4-7-17-9-11-20-12-10-17/h4,6,14-15H,3,5,7-13H2,1-2H3/b6-4+. The topological polar surface area (TPSA) is 32.8 Å². The fourth-order valence-corrected chi connectivity index (χ4v) is 2.95. The first kappa shape index (κ1) is 15.5. The van der Waals surface area contributed by atoms with E-state index < -0.39 is 0 Å². The molecule has 114 valence electrons. The Labute approximate surface area is 122 Å². The molecule has 0 bridgehead atoms. The molecule has 0 radical (unpaired) electrons. The number of ether oxygens (including phenoxy) is 1. The molecular weight excluding hydrogens is 252 g/mol. The molecule has 0 aromatic heterocycles. The van der Waals surface area contributed by atoms with Crippen LogP contribution in [-0.2, 0) is 9.53 Å². The molecule has 0 aromatic rings. The van der Waals surface area contributed by atoms with E-state index in [4.69, 9.17) is 4.74 Å². The van der Waals surface area contributed by atoms with Gasteiger partial charge in [0.1, 0.15) is 0 Å². The smallest absolute Gasteiger partial charge is 0.246 e. The number of hydrogen-bond acceptors (Lipinski definition) is 3. The highest BCUT2D eigenvalue weighted by Crippen LogP contribution is 2.23. The average Bonchev–Trinajstić information content (AvgIpc) is 2.48. The van der Waals surface area contributed by atoms with Gasteiger partial charge in [0.25, 0.3) is 0 Å². The molecule has 0 aliphatic carbocycles.